The van der Waals surface area contributed by atoms with E-state index in [0.29, 0.717) is 6.04 Å². The molecule has 1 aromatic heterocycles. The minimum atomic E-state index is 0.527. The van der Waals surface area contributed by atoms with Crippen LogP contribution >= 0.6 is 15.9 Å². The quantitative estimate of drug-likeness (QED) is 0.829. The molecule has 0 aromatic carbocycles. The molecular formula is C12H19BrN2. The van der Waals surface area contributed by atoms with Gasteiger partial charge in [0.1, 0.15) is 5.82 Å². The van der Waals surface area contributed by atoms with Gasteiger partial charge >= 0.3 is 0 Å². The fourth-order valence-corrected chi connectivity index (χ4v) is 1.88. The number of nitrogens with zero attached hydrogens (tertiary/aromatic N) is 2. The van der Waals surface area contributed by atoms with Gasteiger partial charge in [-0.25, -0.2) is 4.98 Å². The second-order valence-corrected chi connectivity index (χ2v) is 5.34. The number of anilines is 1. The van der Waals surface area contributed by atoms with Crippen molar-refractivity contribution in [2.45, 2.75) is 33.2 Å². The summed E-state index contributed by atoms with van der Waals surface area (Å²) in [7, 11) is 2.10. The summed E-state index contributed by atoms with van der Waals surface area (Å²) in [5, 5.41) is 0. The molecule has 0 spiro atoms. The maximum atomic E-state index is 4.39. The standard InChI is InChI=1S/C12H19BrN2/c1-9(2)7-10(3)15(4)12-6-5-11(13)8-14-12/h5-6,8-10H,7H2,1-4H3. The van der Waals surface area contributed by atoms with Crippen molar-refractivity contribution in [3.05, 3.63) is 22.8 Å². The summed E-state index contributed by atoms with van der Waals surface area (Å²) >= 11 is 3.39. The van der Waals surface area contributed by atoms with Gasteiger partial charge in [0, 0.05) is 23.8 Å². The highest BCUT2D eigenvalue weighted by molar-refractivity contribution is 9.10. The first kappa shape index (κ1) is 12.5. The van der Waals surface area contributed by atoms with Crippen molar-refractivity contribution >= 4 is 21.7 Å². The third kappa shape index (κ3) is 3.82. The molecule has 0 amide bonds. The van der Waals surface area contributed by atoms with E-state index < -0.39 is 0 Å². The monoisotopic (exact) mass is 270 g/mol. The summed E-state index contributed by atoms with van der Waals surface area (Å²) < 4.78 is 1.02. The predicted octanol–water partition coefficient (Wildman–Crippen LogP) is 3.71. The van der Waals surface area contributed by atoms with Gasteiger partial charge < -0.3 is 4.90 Å². The molecule has 1 aromatic rings. The Balaban J connectivity index is 2.67. The Morgan fingerprint density at radius 2 is 2.00 bits per heavy atom. The molecule has 0 aliphatic carbocycles. The lowest BCUT2D eigenvalue weighted by Gasteiger charge is -2.27. The van der Waals surface area contributed by atoms with E-state index in [0.717, 1.165) is 16.2 Å². The molecular weight excluding hydrogens is 252 g/mol. The second-order valence-electron chi connectivity index (χ2n) is 4.42. The largest absolute Gasteiger partial charge is 0.357 e. The first-order valence-corrected chi connectivity index (χ1v) is 6.14. The van der Waals surface area contributed by atoms with E-state index in [9.17, 15) is 0 Å². The lowest BCUT2D eigenvalue weighted by molar-refractivity contribution is 0.502. The van der Waals surface area contributed by atoms with Crippen LogP contribution in [0.4, 0.5) is 5.82 Å². The van der Waals surface area contributed by atoms with Crippen LogP contribution in [0, 0.1) is 5.92 Å². The number of aromatic nitrogens is 1. The van der Waals surface area contributed by atoms with Crippen molar-refractivity contribution in [1.82, 2.24) is 4.98 Å². The highest BCUT2D eigenvalue weighted by atomic mass is 79.9. The summed E-state index contributed by atoms with van der Waals surface area (Å²) in [6.07, 6.45) is 3.03. The minimum Gasteiger partial charge on any atom is -0.357 e. The molecule has 0 bridgehead atoms. The van der Waals surface area contributed by atoms with Crippen LogP contribution in [0.3, 0.4) is 0 Å². The van der Waals surface area contributed by atoms with Gasteiger partial charge in [0.15, 0.2) is 0 Å². The van der Waals surface area contributed by atoms with E-state index >= 15 is 0 Å². The van der Waals surface area contributed by atoms with Crippen LogP contribution < -0.4 is 4.90 Å². The number of hydrogen-bond acceptors (Lipinski definition) is 2. The van der Waals surface area contributed by atoms with Gasteiger partial charge in [-0.1, -0.05) is 13.8 Å². The normalized spacial score (nSPS) is 12.9. The maximum absolute atomic E-state index is 4.39. The first-order valence-electron chi connectivity index (χ1n) is 5.35. The molecule has 3 heteroatoms. The molecule has 84 valence electrons. The average molecular weight is 271 g/mol. The zero-order valence-electron chi connectivity index (χ0n) is 9.87. The number of hydrogen-bond donors (Lipinski definition) is 0. The van der Waals surface area contributed by atoms with Crippen molar-refractivity contribution in [2.75, 3.05) is 11.9 Å². The van der Waals surface area contributed by atoms with E-state index in [4.69, 9.17) is 0 Å². The Morgan fingerprint density at radius 3 is 2.47 bits per heavy atom. The summed E-state index contributed by atoms with van der Waals surface area (Å²) in [6, 6.07) is 4.60. The molecule has 0 N–H and O–H groups in total. The molecule has 0 radical (unpaired) electrons. The van der Waals surface area contributed by atoms with Crippen LogP contribution in [-0.2, 0) is 0 Å². The third-order valence-electron chi connectivity index (χ3n) is 2.55. The van der Waals surface area contributed by atoms with Crippen LogP contribution in [0.15, 0.2) is 22.8 Å². The SMILES string of the molecule is CC(C)CC(C)N(C)c1ccc(Br)cn1. The van der Waals surface area contributed by atoms with E-state index in [1.54, 1.807) is 0 Å². The summed E-state index contributed by atoms with van der Waals surface area (Å²) in [5.41, 5.74) is 0. The molecule has 0 saturated carbocycles. The molecule has 0 fully saturated rings. The number of pyridine rings is 1. The molecule has 1 unspecified atom stereocenters. The van der Waals surface area contributed by atoms with Crippen molar-refractivity contribution in [3.8, 4) is 0 Å². The molecule has 0 aliphatic heterocycles. The smallest absolute Gasteiger partial charge is 0.128 e. The fourth-order valence-electron chi connectivity index (χ4n) is 1.64. The molecule has 0 aliphatic rings. The van der Waals surface area contributed by atoms with Gasteiger partial charge in [-0.3, -0.25) is 0 Å². The van der Waals surface area contributed by atoms with Crippen molar-refractivity contribution in [1.29, 1.82) is 0 Å². The van der Waals surface area contributed by atoms with Crippen LogP contribution in [0.5, 0.6) is 0 Å². The van der Waals surface area contributed by atoms with E-state index in [1.807, 2.05) is 18.3 Å². The van der Waals surface area contributed by atoms with Crippen LogP contribution in [-0.4, -0.2) is 18.1 Å². The highest BCUT2D eigenvalue weighted by Crippen LogP contribution is 2.18. The number of halogens is 1. The lowest BCUT2D eigenvalue weighted by atomic mass is 10.0. The van der Waals surface area contributed by atoms with Crippen LogP contribution in [0.1, 0.15) is 27.2 Å². The number of rotatable bonds is 4. The van der Waals surface area contributed by atoms with Crippen LogP contribution in [0.2, 0.25) is 0 Å². The minimum absolute atomic E-state index is 0.527. The molecule has 2 nitrogen and oxygen atoms in total. The van der Waals surface area contributed by atoms with Gasteiger partial charge in [0.25, 0.3) is 0 Å². The zero-order chi connectivity index (χ0) is 11.4. The zero-order valence-corrected chi connectivity index (χ0v) is 11.5. The Labute approximate surface area is 101 Å². The molecule has 0 saturated heterocycles. The third-order valence-corrected chi connectivity index (χ3v) is 3.02. The van der Waals surface area contributed by atoms with Crippen LogP contribution in [0.25, 0.3) is 0 Å². The topological polar surface area (TPSA) is 16.1 Å². The first-order chi connectivity index (χ1) is 7.00. The lowest BCUT2D eigenvalue weighted by Crippen LogP contribution is -2.30. The maximum Gasteiger partial charge on any atom is 0.128 e. The Hall–Kier alpha value is -0.570. The van der Waals surface area contributed by atoms with Crippen molar-refractivity contribution in [3.63, 3.8) is 0 Å². The van der Waals surface area contributed by atoms with Gasteiger partial charge in [0.2, 0.25) is 0 Å². The molecule has 1 atom stereocenters. The Morgan fingerprint density at radius 1 is 1.33 bits per heavy atom. The molecule has 1 heterocycles. The fraction of sp³-hybridized carbons (Fsp3) is 0.583. The average Bonchev–Trinajstić information content (AvgIpc) is 2.17. The molecule has 15 heavy (non-hydrogen) atoms. The van der Waals surface area contributed by atoms with Gasteiger partial charge in [-0.15, -0.1) is 0 Å². The molecule has 1 rings (SSSR count). The van der Waals surface area contributed by atoms with Gasteiger partial charge in [-0.2, -0.15) is 0 Å². The van der Waals surface area contributed by atoms with Gasteiger partial charge in [-0.05, 0) is 47.3 Å². The van der Waals surface area contributed by atoms with E-state index in [1.165, 1.54) is 6.42 Å². The van der Waals surface area contributed by atoms with Crippen molar-refractivity contribution in [2.24, 2.45) is 5.92 Å². The Kier molecular flexibility index (Phi) is 4.58. The highest BCUT2D eigenvalue weighted by Gasteiger charge is 2.12. The second kappa shape index (κ2) is 5.50. The summed E-state index contributed by atoms with van der Waals surface area (Å²) in [6.45, 7) is 6.74. The van der Waals surface area contributed by atoms with E-state index in [2.05, 4.69) is 53.6 Å². The Bertz CT molecular complexity index is 295. The van der Waals surface area contributed by atoms with Crippen molar-refractivity contribution < 1.29 is 0 Å². The van der Waals surface area contributed by atoms with Gasteiger partial charge in [0.05, 0.1) is 0 Å². The predicted molar refractivity (Wildman–Crippen MR) is 69.3 cm³/mol. The van der Waals surface area contributed by atoms with E-state index in [-0.39, 0.29) is 0 Å². The summed E-state index contributed by atoms with van der Waals surface area (Å²) in [4.78, 5) is 6.61. The summed E-state index contributed by atoms with van der Waals surface area (Å²) in [5.74, 6) is 1.75.